The van der Waals surface area contributed by atoms with Crippen LogP contribution in [-0.2, 0) is 20.0 Å². The highest BCUT2D eigenvalue weighted by Crippen LogP contribution is 2.37. The molecule has 1 saturated carbocycles. The molecule has 0 saturated heterocycles. The molecule has 3 aromatic heterocycles. The number of rotatable bonds is 4. The molecule has 0 amide bonds. The summed E-state index contributed by atoms with van der Waals surface area (Å²) in [7, 11) is 1.97. The van der Waals surface area contributed by atoms with Crippen molar-refractivity contribution in [3.05, 3.63) is 53.1 Å². The van der Waals surface area contributed by atoms with Gasteiger partial charge in [0.15, 0.2) is 0 Å². The SMILES string of the molecule is Cn1cc([C@H]2c3nc[nH]c3CCN2Cc2cn[nH]c2C2CCCCC2)cn1. The quantitative estimate of drug-likeness (QED) is 0.745. The number of imidazole rings is 1. The van der Waals surface area contributed by atoms with Crippen LogP contribution in [0.3, 0.4) is 0 Å². The summed E-state index contributed by atoms with van der Waals surface area (Å²) in [6.07, 6.45) is 15.5. The van der Waals surface area contributed by atoms with Gasteiger partial charge in [0.2, 0.25) is 0 Å². The van der Waals surface area contributed by atoms with Crippen molar-refractivity contribution in [3.8, 4) is 0 Å². The Bertz CT molecular complexity index is 899. The predicted octanol–water partition coefficient (Wildman–Crippen LogP) is 3.06. The molecule has 5 rings (SSSR count). The minimum absolute atomic E-state index is 0.141. The Morgan fingerprint density at radius 1 is 1.19 bits per heavy atom. The number of aromatic amines is 2. The second-order valence-electron chi connectivity index (χ2n) is 7.98. The van der Waals surface area contributed by atoms with Crippen LogP contribution in [0.4, 0.5) is 0 Å². The summed E-state index contributed by atoms with van der Waals surface area (Å²) in [5.41, 5.74) is 6.28. The number of aromatic nitrogens is 6. The van der Waals surface area contributed by atoms with E-state index < -0.39 is 0 Å². The summed E-state index contributed by atoms with van der Waals surface area (Å²) >= 11 is 0. The van der Waals surface area contributed by atoms with E-state index in [1.807, 2.05) is 30.5 Å². The van der Waals surface area contributed by atoms with E-state index in [0.29, 0.717) is 5.92 Å². The van der Waals surface area contributed by atoms with Gasteiger partial charge >= 0.3 is 0 Å². The van der Waals surface area contributed by atoms with Crippen LogP contribution in [0.1, 0.15) is 72.3 Å². The standard InChI is InChI=1S/C20H27N7/c1-26-11-16(10-24-26)20-19-17(21-13-22-19)7-8-27(20)12-15-9-23-25-18(15)14-5-3-2-4-6-14/h9-11,13-14,20H,2-8,12H2,1H3,(H,21,22)(H,23,25)/t20-/m0/s1. The van der Waals surface area contributed by atoms with Crippen molar-refractivity contribution in [2.45, 2.75) is 57.0 Å². The van der Waals surface area contributed by atoms with Crippen LogP contribution >= 0.6 is 0 Å². The Kier molecular flexibility index (Phi) is 4.32. The Balaban J connectivity index is 1.45. The van der Waals surface area contributed by atoms with Crippen LogP contribution in [0.5, 0.6) is 0 Å². The fraction of sp³-hybridized carbons (Fsp3) is 0.550. The lowest BCUT2D eigenvalue weighted by Crippen LogP contribution is -2.36. The highest BCUT2D eigenvalue weighted by molar-refractivity contribution is 5.31. The zero-order valence-electron chi connectivity index (χ0n) is 15.9. The molecule has 1 atom stereocenters. The molecule has 27 heavy (non-hydrogen) atoms. The number of aryl methyl sites for hydroxylation is 1. The number of H-pyrrole nitrogens is 2. The van der Waals surface area contributed by atoms with Gasteiger partial charge < -0.3 is 4.98 Å². The summed E-state index contributed by atoms with van der Waals surface area (Å²) in [6.45, 7) is 1.90. The second-order valence-corrected chi connectivity index (χ2v) is 7.98. The lowest BCUT2D eigenvalue weighted by molar-refractivity contribution is 0.199. The van der Waals surface area contributed by atoms with Gasteiger partial charge in [0.25, 0.3) is 0 Å². The molecule has 2 aliphatic rings. The van der Waals surface area contributed by atoms with Crippen LogP contribution in [-0.4, -0.2) is 41.4 Å². The zero-order chi connectivity index (χ0) is 18.2. The molecule has 3 aromatic rings. The first-order valence-corrected chi connectivity index (χ1v) is 10.1. The van der Waals surface area contributed by atoms with Crippen molar-refractivity contribution >= 4 is 0 Å². The van der Waals surface area contributed by atoms with E-state index in [1.165, 1.54) is 54.6 Å². The molecule has 0 spiro atoms. The van der Waals surface area contributed by atoms with Gasteiger partial charge in [0, 0.05) is 61.2 Å². The summed E-state index contributed by atoms with van der Waals surface area (Å²) in [5.74, 6) is 0.638. The van der Waals surface area contributed by atoms with E-state index in [0.717, 1.165) is 25.2 Å². The summed E-state index contributed by atoms with van der Waals surface area (Å²) in [6, 6.07) is 0.141. The fourth-order valence-electron chi connectivity index (χ4n) is 4.86. The van der Waals surface area contributed by atoms with Crippen molar-refractivity contribution < 1.29 is 0 Å². The van der Waals surface area contributed by atoms with Gasteiger partial charge in [-0.05, 0) is 12.8 Å². The lowest BCUT2D eigenvalue weighted by Gasteiger charge is -2.34. The number of nitrogens with one attached hydrogen (secondary N) is 2. The molecular weight excluding hydrogens is 338 g/mol. The molecule has 7 heteroatoms. The maximum Gasteiger partial charge on any atom is 0.0926 e. The van der Waals surface area contributed by atoms with Crippen LogP contribution in [0.2, 0.25) is 0 Å². The van der Waals surface area contributed by atoms with Crippen LogP contribution < -0.4 is 0 Å². The molecular formula is C20H27N7. The van der Waals surface area contributed by atoms with Gasteiger partial charge in [0.1, 0.15) is 0 Å². The minimum atomic E-state index is 0.141. The van der Waals surface area contributed by atoms with Crippen molar-refractivity contribution in [2.24, 2.45) is 7.05 Å². The predicted molar refractivity (Wildman–Crippen MR) is 102 cm³/mol. The van der Waals surface area contributed by atoms with Crippen molar-refractivity contribution in [3.63, 3.8) is 0 Å². The van der Waals surface area contributed by atoms with Crippen LogP contribution in [0.15, 0.2) is 24.9 Å². The largest absolute Gasteiger partial charge is 0.348 e. The molecule has 0 aromatic carbocycles. The highest BCUT2D eigenvalue weighted by Gasteiger charge is 2.33. The van der Waals surface area contributed by atoms with Gasteiger partial charge in [-0.25, -0.2) is 4.98 Å². The van der Waals surface area contributed by atoms with Crippen molar-refractivity contribution in [2.75, 3.05) is 6.54 Å². The van der Waals surface area contributed by atoms with Gasteiger partial charge in [-0.2, -0.15) is 10.2 Å². The lowest BCUT2D eigenvalue weighted by atomic mass is 9.85. The van der Waals surface area contributed by atoms with E-state index in [1.54, 1.807) is 0 Å². The zero-order valence-corrected chi connectivity index (χ0v) is 15.9. The minimum Gasteiger partial charge on any atom is -0.348 e. The maximum absolute atomic E-state index is 4.66. The number of hydrogen-bond donors (Lipinski definition) is 2. The fourth-order valence-corrected chi connectivity index (χ4v) is 4.86. The summed E-state index contributed by atoms with van der Waals surface area (Å²) < 4.78 is 1.87. The number of fused-ring (bicyclic) bond motifs is 1. The third kappa shape index (κ3) is 3.10. The van der Waals surface area contributed by atoms with Crippen molar-refractivity contribution in [1.29, 1.82) is 0 Å². The average Bonchev–Trinajstić information content (AvgIpc) is 3.43. The summed E-state index contributed by atoms with van der Waals surface area (Å²) in [4.78, 5) is 10.5. The van der Waals surface area contributed by atoms with Gasteiger partial charge in [0.05, 0.1) is 30.5 Å². The average molecular weight is 365 g/mol. The molecule has 0 radical (unpaired) electrons. The Labute approximate surface area is 159 Å². The Morgan fingerprint density at radius 3 is 2.89 bits per heavy atom. The molecule has 1 aliphatic carbocycles. The van der Waals surface area contributed by atoms with Crippen LogP contribution in [0, 0.1) is 0 Å². The first kappa shape index (κ1) is 16.7. The van der Waals surface area contributed by atoms with E-state index in [9.17, 15) is 0 Å². The van der Waals surface area contributed by atoms with E-state index >= 15 is 0 Å². The molecule has 7 nitrogen and oxygen atoms in total. The smallest absolute Gasteiger partial charge is 0.0926 e. The van der Waals surface area contributed by atoms with E-state index in [2.05, 4.69) is 36.4 Å². The molecule has 142 valence electrons. The highest BCUT2D eigenvalue weighted by atomic mass is 15.3. The first-order chi connectivity index (χ1) is 13.3. The molecule has 1 aliphatic heterocycles. The van der Waals surface area contributed by atoms with Crippen molar-refractivity contribution in [1.82, 2.24) is 34.8 Å². The summed E-state index contributed by atoms with van der Waals surface area (Å²) in [5, 5.41) is 12.1. The topological polar surface area (TPSA) is 78.4 Å². The normalized spacial score (nSPS) is 21.4. The monoisotopic (exact) mass is 365 g/mol. The van der Waals surface area contributed by atoms with Gasteiger partial charge in [-0.1, -0.05) is 19.3 Å². The van der Waals surface area contributed by atoms with E-state index in [4.69, 9.17) is 0 Å². The molecule has 0 bridgehead atoms. The Hall–Kier alpha value is -2.41. The molecule has 4 heterocycles. The third-order valence-electron chi connectivity index (χ3n) is 6.20. The third-order valence-corrected chi connectivity index (χ3v) is 6.20. The number of hydrogen-bond acceptors (Lipinski definition) is 4. The van der Waals surface area contributed by atoms with Gasteiger partial charge in [-0.15, -0.1) is 0 Å². The number of nitrogens with zero attached hydrogens (tertiary/aromatic N) is 5. The Morgan fingerprint density at radius 2 is 2.07 bits per heavy atom. The van der Waals surface area contributed by atoms with Crippen LogP contribution in [0.25, 0.3) is 0 Å². The first-order valence-electron chi connectivity index (χ1n) is 10.1. The second kappa shape index (κ2) is 6.96. The molecule has 2 N–H and O–H groups in total. The molecule has 1 fully saturated rings. The van der Waals surface area contributed by atoms with Gasteiger partial charge in [-0.3, -0.25) is 14.7 Å². The maximum atomic E-state index is 4.66. The molecule has 0 unspecified atom stereocenters. The van der Waals surface area contributed by atoms with E-state index in [-0.39, 0.29) is 6.04 Å².